The van der Waals surface area contributed by atoms with Gasteiger partial charge in [-0.05, 0) is 86.2 Å². The zero-order chi connectivity index (χ0) is 62.5. The number of thioether (sulfide) groups is 2. The second kappa shape index (κ2) is 28.4. The highest BCUT2D eigenvalue weighted by Crippen LogP contribution is 2.51. The number of carbonyl (C=O) groups is 3. The Kier molecular flexibility index (Phi) is 19.2. The summed E-state index contributed by atoms with van der Waals surface area (Å²) in [6.07, 6.45) is -1.20. The fraction of sp³-hybridized carbons (Fsp3) is 0.159. The minimum absolute atomic E-state index is 0.0171. The molecular weight excluding hydrogens is 1160 g/mol. The van der Waals surface area contributed by atoms with Crippen LogP contribution in [-0.4, -0.2) is 60.1 Å². The highest BCUT2D eigenvalue weighted by atomic mass is 32.2. The summed E-state index contributed by atoms with van der Waals surface area (Å²) in [6, 6.07) is 105. The molecule has 1 aliphatic rings. The summed E-state index contributed by atoms with van der Waals surface area (Å²) >= 11 is 3.54. The van der Waals surface area contributed by atoms with Gasteiger partial charge in [0.2, 0.25) is 11.8 Å². The van der Waals surface area contributed by atoms with E-state index in [4.69, 9.17) is 4.74 Å². The number of hydrogen-bond acceptors (Lipinski definition) is 6. The van der Waals surface area contributed by atoms with Crippen LogP contribution in [0.2, 0.25) is 0 Å². The van der Waals surface area contributed by atoms with Crippen molar-refractivity contribution in [2.24, 2.45) is 0 Å². The van der Waals surface area contributed by atoms with Gasteiger partial charge in [-0.25, -0.2) is 4.79 Å². The van der Waals surface area contributed by atoms with Crippen molar-refractivity contribution in [2.75, 3.05) is 31.2 Å². The van der Waals surface area contributed by atoms with E-state index in [2.05, 4.69) is 194 Å². The zero-order valence-corrected chi connectivity index (χ0v) is 52.9. The molecule has 0 aliphatic heterocycles. The van der Waals surface area contributed by atoms with Gasteiger partial charge in [0, 0.05) is 30.5 Å². The summed E-state index contributed by atoms with van der Waals surface area (Å²) in [5.74, 6) is -0.156. The Morgan fingerprint density at radius 3 is 1.07 bits per heavy atom. The van der Waals surface area contributed by atoms with Gasteiger partial charge in [-0.3, -0.25) is 9.59 Å². The van der Waals surface area contributed by atoms with Crippen molar-refractivity contribution in [1.82, 2.24) is 15.5 Å². The zero-order valence-electron chi connectivity index (χ0n) is 51.2. The minimum Gasteiger partial charge on any atom is -0.449 e. The molecule has 91 heavy (non-hydrogen) atoms. The van der Waals surface area contributed by atoms with Gasteiger partial charge in [0.05, 0.1) is 15.9 Å². The van der Waals surface area contributed by atoms with E-state index >= 15 is 9.59 Å². The number of amides is 3. The van der Waals surface area contributed by atoms with Crippen LogP contribution >= 0.6 is 23.5 Å². The SMILES string of the molecule is Cc1ccc(C(SCCN(CCSC(c2ccccc2)(c2ccccc2)c2ccc(C)cc2)C(=O)[C@H](CC(=O)NC(c2ccccc2)(c2ccccc2)c2ccccc2)NC(=O)OCC2c3ccccc3-c3ccccc32)(c2ccccc2)c2ccccc2)cc1. The molecule has 0 saturated carbocycles. The minimum atomic E-state index is -1.37. The van der Waals surface area contributed by atoms with Crippen LogP contribution in [0.5, 0.6) is 0 Å². The number of alkyl carbamates (subject to hydrolysis) is 1. The third-order valence-corrected chi connectivity index (χ3v) is 20.6. The molecule has 452 valence electrons. The monoisotopic (exact) mass is 1230 g/mol. The lowest BCUT2D eigenvalue weighted by atomic mass is 9.77. The Morgan fingerprint density at radius 1 is 0.407 bits per heavy atom. The first-order valence-corrected chi connectivity index (χ1v) is 33.2. The molecule has 0 heterocycles. The van der Waals surface area contributed by atoms with Gasteiger partial charge in [0.25, 0.3) is 0 Å². The summed E-state index contributed by atoms with van der Waals surface area (Å²) in [6.45, 7) is 4.75. The van der Waals surface area contributed by atoms with Gasteiger partial charge in [-0.15, -0.1) is 23.5 Å². The van der Waals surface area contributed by atoms with Crippen molar-refractivity contribution >= 4 is 41.4 Å². The molecule has 0 unspecified atom stereocenters. The van der Waals surface area contributed by atoms with E-state index in [0.717, 1.165) is 83.5 Å². The molecule has 3 amide bonds. The van der Waals surface area contributed by atoms with Gasteiger partial charge in [-0.2, -0.15) is 0 Å². The van der Waals surface area contributed by atoms with Crippen molar-refractivity contribution in [3.63, 3.8) is 0 Å². The lowest BCUT2D eigenvalue weighted by molar-refractivity contribution is -0.135. The van der Waals surface area contributed by atoms with E-state index in [1.54, 1.807) is 23.5 Å². The molecular formula is C82H73N3O4S2. The van der Waals surface area contributed by atoms with Crippen molar-refractivity contribution in [1.29, 1.82) is 0 Å². The van der Waals surface area contributed by atoms with Gasteiger partial charge in [0.1, 0.15) is 18.2 Å². The molecule has 11 aromatic carbocycles. The first-order valence-electron chi connectivity index (χ1n) is 31.2. The Labute approximate surface area is 544 Å². The van der Waals surface area contributed by atoms with Crippen LogP contribution in [0.1, 0.15) is 84.7 Å². The first kappa shape index (κ1) is 61.6. The van der Waals surface area contributed by atoms with Crippen LogP contribution in [0, 0.1) is 13.8 Å². The third kappa shape index (κ3) is 13.1. The quantitative estimate of drug-likeness (QED) is 0.0586. The first-order chi connectivity index (χ1) is 44.7. The summed E-state index contributed by atoms with van der Waals surface area (Å²) in [4.78, 5) is 49.1. The van der Waals surface area contributed by atoms with E-state index in [-0.39, 0.29) is 25.6 Å². The van der Waals surface area contributed by atoms with Gasteiger partial charge < -0.3 is 20.3 Å². The Morgan fingerprint density at radius 2 is 0.714 bits per heavy atom. The fourth-order valence-electron chi connectivity index (χ4n) is 13.1. The van der Waals surface area contributed by atoms with Gasteiger partial charge in [-0.1, -0.05) is 321 Å². The molecule has 0 saturated heterocycles. The number of nitrogens with zero attached hydrogens (tertiary/aromatic N) is 1. The second-order valence-corrected chi connectivity index (χ2v) is 25.8. The maximum absolute atomic E-state index is 16.5. The largest absolute Gasteiger partial charge is 0.449 e. The summed E-state index contributed by atoms with van der Waals surface area (Å²) in [5, 5.41) is 6.57. The normalized spacial score (nSPS) is 12.5. The lowest BCUT2D eigenvalue weighted by Crippen LogP contribution is -2.54. The molecule has 0 bridgehead atoms. The maximum Gasteiger partial charge on any atom is 0.407 e. The fourth-order valence-corrected chi connectivity index (χ4v) is 16.2. The molecule has 2 N–H and O–H groups in total. The van der Waals surface area contributed by atoms with E-state index in [1.807, 2.05) is 144 Å². The average Bonchev–Trinajstić information content (AvgIpc) is 1.50. The predicted molar refractivity (Wildman–Crippen MR) is 373 cm³/mol. The number of carbonyl (C=O) groups excluding carboxylic acids is 3. The smallest absolute Gasteiger partial charge is 0.407 e. The van der Waals surface area contributed by atoms with Crippen LogP contribution in [0.4, 0.5) is 4.79 Å². The van der Waals surface area contributed by atoms with Gasteiger partial charge >= 0.3 is 6.09 Å². The summed E-state index contributed by atoms with van der Waals surface area (Å²) < 4.78 is 4.89. The maximum atomic E-state index is 16.5. The average molecular weight is 1230 g/mol. The number of ether oxygens (including phenoxy) is 1. The van der Waals surface area contributed by atoms with E-state index in [1.165, 1.54) is 0 Å². The van der Waals surface area contributed by atoms with Crippen molar-refractivity contribution in [2.45, 2.75) is 47.3 Å². The van der Waals surface area contributed by atoms with Crippen molar-refractivity contribution in [3.8, 4) is 11.1 Å². The molecule has 7 nitrogen and oxygen atoms in total. The standard InChI is InChI=1S/C82H73N3O4S2/c1-60-46-50-69(51-47-60)81(65-34-16-6-17-35-65,66-36-18-7-19-37-66)90-56-54-85(55-57-91-82(67-38-20-8-21-39-67,68-40-22-9-23-41-68)70-52-48-61(2)49-53-70)78(87)76(83-79(88)89-59-75-73-44-26-24-42-71(73)72-43-25-27-45-74(72)75)58-77(86)84-80(62-28-10-3-11-29-62,63-30-12-4-13-31-63)64-32-14-5-15-33-64/h3-53,75-76H,54-59H2,1-2H3,(H,83,88)(H,84,86)/t76-/m0/s1. The van der Waals surface area contributed by atoms with Crippen LogP contribution in [0.15, 0.2) is 309 Å². The number of rotatable bonds is 24. The van der Waals surface area contributed by atoms with Crippen LogP contribution in [0.3, 0.4) is 0 Å². The highest BCUT2D eigenvalue weighted by molar-refractivity contribution is 8.01. The lowest BCUT2D eigenvalue weighted by Gasteiger charge is -2.38. The molecule has 0 fully saturated rings. The van der Waals surface area contributed by atoms with E-state index < -0.39 is 45.4 Å². The topological polar surface area (TPSA) is 87.7 Å². The van der Waals surface area contributed by atoms with Gasteiger partial charge in [0.15, 0.2) is 0 Å². The predicted octanol–water partition coefficient (Wildman–Crippen LogP) is 17.3. The molecule has 1 atom stereocenters. The van der Waals surface area contributed by atoms with Crippen molar-refractivity contribution < 1.29 is 19.1 Å². The molecule has 1 aliphatic carbocycles. The summed E-state index contributed by atoms with van der Waals surface area (Å²) in [5.41, 5.74) is 14.5. The second-order valence-electron chi connectivity index (χ2n) is 23.2. The molecule has 12 rings (SSSR count). The molecule has 11 aromatic rings. The Balaban J connectivity index is 0.946. The van der Waals surface area contributed by atoms with E-state index in [9.17, 15) is 4.79 Å². The molecule has 9 heteroatoms. The molecule has 0 spiro atoms. The van der Waals surface area contributed by atoms with Crippen LogP contribution < -0.4 is 10.6 Å². The van der Waals surface area contributed by atoms with Crippen LogP contribution in [-0.2, 0) is 29.4 Å². The summed E-state index contributed by atoms with van der Waals surface area (Å²) in [7, 11) is 0. The Bertz CT molecular complexity index is 3820. The molecule has 0 radical (unpaired) electrons. The van der Waals surface area contributed by atoms with E-state index in [0.29, 0.717) is 11.5 Å². The number of nitrogens with one attached hydrogen (secondary N) is 2. The number of hydrogen-bond donors (Lipinski definition) is 2. The van der Waals surface area contributed by atoms with Crippen LogP contribution in [0.25, 0.3) is 11.1 Å². The Hall–Kier alpha value is -9.67. The number of benzene rings is 11. The number of fused-ring (bicyclic) bond motifs is 3. The molecule has 0 aromatic heterocycles. The highest BCUT2D eigenvalue weighted by Gasteiger charge is 2.42. The van der Waals surface area contributed by atoms with Crippen molar-refractivity contribution in [3.05, 3.63) is 382 Å². The third-order valence-electron chi connectivity index (χ3n) is 17.6. The number of aryl methyl sites for hydroxylation is 2.